The van der Waals surface area contributed by atoms with E-state index in [1.807, 2.05) is 48.7 Å². The molecule has 146 valence electrons. The van der Waals surface area contributed by atoms with Gasteiger partial charge in [0.25, 0.3) is 0 Å². The molecule has 0 saturated heterocycles. The Bertz CT molecular complexity index is 890. The Labute approximate surface area is 172 Å². The van der Waals surface area contributed by atoms with Gasteiger partial charge in [-0.25, -0.2) is 9.97 Å². The minimum absolute atomic E-state index is 0.230. The van der Waals surface area contributed by atoms with Gasteiger partial charge >= 0.3 is 5.97 Å². The Kier molecular flexibility index (Phi) is 7.44. The second-order valence-electron chi connectivity index (χ2n) is 5.66. The lowest BCUT2D eigenvalue weighted by atomic mass is 10.3. The number of nitrogens with zero attached hydrogens (tertiary/aromatic N) is 5. The Morgan fingerprint density at radius 1 is 1.11 bits per heavy atom. The largest absolute Gasteiger partial charge is 0.465 e. The highest BCUT2D eigenvalue weighted by atomic mass is 32.2. The van der Waals surface area contributed by atoms with E-state index in [9.17, 15) is 4.79 Å². The van der Waals surface area contributed by atoms with Crippen molar-refractivity contribution in [2.45, 2.75) is 41.6 Å². The molecule has 1 atom stereocenters. The van der Waals surface area contributed by atoms with E-state index in [1.54, 1.807) is 18.5 Å². The van der Waals surface area contributed by atoms with Gasteiger partial charge in [0.15, 0.2) is 10.3 Å². The fourth-order valence-electron chi connectivity index (χ4n) is 2.46. The Morgan fingerprint density at radius 3 is 2.54 bits per heavy atom. The number of aromatic nitrogens is 5. The number of carbonyl (C=O) groups excluding carboxylic acids is 1. The van der Waals surface area contributed by atoms with E-state index >= 15 is 0 Å². The predicted octanol–water partition coefficient (Wildman–Crippen LogP) is 3.78. The molecule has 3 aromatic rings. The number of para-hydroxylation sites is 1. The van der Waals surface area contributed by atoms with Crippen LogP contribution in [0.25, 0.3) is 5.69 Å². The summed E-state index contributed by atoms with van der Waals surface area (Å²) in [6, 6.07) is 11.6. The minimum Gasteiger partial charge on any atom is -0.465 e. The average Bonchev–Trinajstić information content (AvgIpc) is 3.14. The normalized spacial score (nSPS) is 11.9. The van der Waals surface area contributed by atoms with Gasteiger partial charge in [-0.1, -0.05) is 48.6 Å². The first-order valence-corrected chi connectivity index (χ1v) is 10.8. The molecule has 0 aliphatic heterocycles. The fraction of sp³-hybridized carbons (Fsp3) is 0.316. The highest BCUT2D eigenvalue weighted by Crippen LogP contribution is 2.30. The molecule has 0 saturated carbocycles. The molecule has 0 aliphatic carbocycles. The van der Waals surface area contributed by atoms with Gasteiger partial charge in [0.05, 0.1) is 12.4 Å². The summed E-state index contributed by atoms with van der Waals surface area (Å²) in [5, 5.41) is 9.72. The Morgan fingerprint density at radius 2 is 1.86 bits per heavy atom. The molecule has 7 nitrogen and oxygen atoms in total. The van der Waals surface area contributed by atoms with Crippen molar-refractivity contribution in [1.29, 1.82) is 0 Å². The maximum Gasteiger partial charge on any atom is 0.319 e. The van der Waals surface area contributed by atoms with Crippen LogP contribution in [0.2, 0.25) is 0 Å². The van der Waals surface area contributed by atoms with Crippen molar-refractivity contribution in [2.75, 3.05) is 6.61 Å². The molecule has 28 heavy (non-hydrogen) atoms. The average molecular weight is 416 g/mol. The van der Waals surface area contributed by atoms with Crippen molar-refractivity contribution in [2.24, 2.45) is 0 Å². The number of rotatable bonds is 9. The molecule has 0 aliphatic rings. The fourth-order valence-corrected chi connectivity index (χ4v) is 4.16. The van der Waals surface area contributed by atoms with Crippen LogP contribution in [0, 0.1) is 0 Å². The standard InChI is InChI=1S/C19H21N5O2S2/c1-3-15(17(25)26-4-2)28-19-23-22-16(13-27-18-20-11-8-12-21-18)24(19)14-9-6-5-7-10-14/h5-12,15H,3-4,13H2,1-2H3. The molecule has 1 unspecified atom stereocenters. The van der Waals surface area contributed by atoms with Crippen LogP contribution in [0.4, 0.5) is 0 Å². The lowest BCUT2D eigenvalue weighted by Gasteiger charge is -2.14. The highest BCUT2D eigenvalue weighted by molar-refractivity contribution is 8.00. The number of ether oxygens (including phenoxy) is 1. The summed E-state index contributed by atoms with van der Waals surface area (Å²) >= 11 is 2.86. The van der Waals surface area contributed by atoms with E-state index in [0.717, 1.165) is 11.5 Å². The molecular weight excluding hydrogens is 394 g/mol. The van der Waals surface area contributed by atoms with Gasteiger partial charge in [-0.3, -0.25) is 9.36 Å². The van der Waals surface area contributed by atoms with Crippen LogP contribution < -0.4 is 0 Å². The molecule has 0 fully saturated rings. The summed E-state index contributed by atoms with van der Waals surface area (Å²) in [7, 11) is 0. The van der Waals surface area contributed by atoms with Gasteiger partial charge in [0, 0.05) is 18.1 Å². The number of benzene rings is 1. The zero-order valence-corrected chi connectivity index (χ0v) is 17.3. The van der Waals surface area contributed by atoms with Crippen molar-refractivity contribution in [3.8, 4) is 5.69 Å². The molecule has 0 amide bonds. The van der Waals surface area contributed by atoms with Crippen LogP contribution in [0.15, 0.2) is 59.1 Å². The first-order chi connectivity index (χ1) is 13.7. The van der Waals surface area contributed by atoms with E-state index in [1.165, 1.54) is 23.5 Å². The number of thioether (sulfide) groups is 2. The van der Waals surface area contributed by atoms with E-state index in [0.29, 0.717) is 29.1 Å². The van der Waals surface area contributed by atoms with E-state index in [2.05, 4.69) is 20.2 Å². The van der Waals surface area contributed by atoms with Gasteiger partial charge < -0.3 is 4.74 Å². The third-order valence-corrected chi connectivity index (χ3v) is 5.91. The predicted molar refractivity (Wildman–Crippen MR) is 110 cm³/mol. The molecule has 0 spiro atoms. The van der Waals surface area contributed by atoms with Crippen molar-refractivity contribution >= 4 is 29.5 Å². The van der Waals surface area contributed by atoms with Crippen LogP contribution in [0.1, 0.15) is 26.1 Å². The first kappa shape index (κ1) is 20.3. The second-order valence-corrected chi connectivity index (χ2v) is 7.77. The maximum atomic E-state index is 12.2. The number of carbonyl (C=O) groups is 1. The molecule has 0 N–H and O–H groups in total. The number of esters is 1. The lowest BCUT2D eigenvalue weighted by molar-refractivity contribution is -0.142. The first-order valence-electron chi connectivity index (χ1n) is 8.95. The van der Waals surface area contributed by atoms with Crippen molar-refractivity contribution < 1.29 is 9.53 Å². The zero-order valence-electron chi connectivity index (χ0n) is 15.7. The van der Waals surface area contributed by atoms with E-state index in [4.69, 9.17) is 4.74 Å². The van der Waals surface area contributed by atoms with Crippen LogP contribution in [0.3, 0.4) is 0 Å². The van der Waals surface area contributed by atoms with E-state index in [-0.39, 0.29) is 11.2 Å². The van der Waals surface area contributed by atoms with Crippen LogP contribution in [-0.2, 0) is 15.3 Å². The van der Waals surface area contributed by atoms with Crippen LogP contribution in [-0.4, -0.2) is 42.6 Å². The van der Waals surface area contributed by atoms with Crippen molar-refractivity contribution in [1.82, 2.24) is 24.7 Å². The molecule has 0 radical (unpaired) electrons. The zero-order chi connectivity index (χ0) is 19.8. The SMILES string of the molecule is CCOC(=O)C(CC)Sc1nnc(CSc2ncccn2)n1-c1ccccc1. The van der Waals surface area contributed by atoms with Crippen LogP contribution in [0.5, 0.6) is 0 Å². The van der Waals surface area contributed by atoms with Crippen molar-refractivity contribution in [3.05, 3.63) is 54.6 Å². The summed E-state index contributed by atoms with van der Waals surface area (Å²) < 4.78 is 7.16. The number of hydrogen-bond donors (Lipinski definition) is 0. The molecule has 2 heterocycles. The smallest absolute Gasteiger partial charge is 0.319 e. The van der Waals surface area contributed by atoms with Crippen molar-refractivity contribution in [3.63, 3.8) is 0 Å². The Balaban J connectivity index is 1.87. The molecule has 9 heteroatoms. The summed E-state index contributed by atoms with van der Waals surface area (Å²) in [6.07, 6.45) is 4.07. The molecule has 3 rings (SSSR count). The summed E-state index contributed by atoms with van der Waals surface area (Å²) in [4.78, 5) is 20.7. The lowest BCUT2D eigenvalue weighted by Crippen LogP contribution is -2.20. The van der Waals surface area contributed by atoms with Gasteiger partial charge in [-0.15, -0.1) is 10.2 Å². The molecule has 0 bridgehead atoms. The molecular formula is C19H21N5O2S2. The van der Waals surface area contributed by atoms with Gasteiger partial charge in [-0.05, 0) is 31.5 Å². The minimum atomic E-state index is -0.329. The summed E-state index contributed by atoms with van der Waals surface area (Å²) in [5.41, 5.74) is 0.943. The maximum absolute atomic E-state index is 12.2. The third-order valence-electron chi connectivity index (χ3n) is 3.76. The monoisotopic (exact) mass is 415 g/mol. The summed E-state index contributed by atoms with van der Waals surface area (Å²) in [6.45, 7) is 4.13. The third kappa shape index (κ3) is 5.11. The Hall–Kier alpha value is -2.39. The topological polar surface area (TPSA) is 82.8 Å². The van der Waals surface area contributed by atoms with Gasteiger partial charge in [-0.2, -0.15) is 0 Å². The highest BCUT2D eigenvalue weighted by Gasteiger charge is 2.24. The molecule has 1 aromatic carbocycles. The van der Waals surface area contributed by atoms with E-state index < -0.39 is 0 Å². The second kappa shape index (κ2) is 10.2. The van der Waals surface area contributed by atoms with Gasteiger partial charge in [0.2, 0.25) is 0 Å². The number of hydrogen-bond acceptors (Lipinski definition) is 8. The molecule has 2 aromatic heterocycles. The summed E-state index contributed by atoms with van der Waals surface area (Å²) in [5.74, 6) is 1.10. The van der Waals surface area contributed by atoms with Crippen LogP contribution >= 0.6 is 23.5 Å². The quantitative estimate of drug-likeness (QED) is 0.297. The van der Waals surface area contributed by atoms with Gasteiger partial charge in [0.1, 0.15) is 11.1 Å².